The van der Waals surface area contributed by atoms with E-state index in [1.54, 1.807) is 6.07 Å². The molecule has 0 radical (unpaired) electrons. The minimum absolute atomic E-state index is 0.271. The normalized spacial score (nSPS) is 10.5. The van der Waals surface area contributed by atoms with E-state index in [2.05, 4.69) is 15.9 Å². The molecule has 0 amide bonds. The number of carboxylic acid groups (broad SMARTS) is 1. The summed E-state index contributed by atoms with van der Waals surface area (Å²) in [4.78, 5) is 10.8. The van der Waals surface area contributed by atoms with Crippen molar-refractivity contribution in [2.45, 2.75) is 0 Å². The molecule has 13 heavy (non-hydrogen) atoms. The lowest BCUT2D eigenvalue weighted by molar-refractivity contribution is -0.254. The van der Waals surface area contributed by atoms with E-state index in [4.69, 9.17) is 0 Å². The van der Waals surface area contributed by atoms with Crippen LogP contribution in [0.2, 0.25) is 0 Å². The van der Waals surface area contributed by atoms with Crippen LogP contribution in [0.5, 0.6) is 0 Å². The second kappa shape index (κ2) is 3.12. The molecule has 0 fully saturated rings. The summed E-state index contributed by atoms with van der Waals surface area (Å²) < 4.78 is 1.91. The summed E-state index contributed by atoms with van der Waals surface area (Å²) in [7, 11) is 0. The lowest BCUT2D eigenvalue weighted by Crippen LogP contribution is -2.20. The van der Waals surface area contributed by atoms with Crippen LogP contribution in [0.3, 0.4) is 0 Å². The molecule has 0 spiro atoms. The molecule has 0 saturated heterocycles. The van der Waals surface area contributed by atoms with Crippen LogP contribution in [0, 0.1) is 0 Å². The van der Waals surface area contributed by atoms with Crippen molar-refractivity contribution in [3.8, 4) is 0 Å². The smallest absolute Gasteiger partial charge is 0.0815 e. The van der Waals surface area contributed by atoms with E-state index in [1.165, 1.54) is 11.3 Å². The van der Waals surface area contributed by atoms with Crippen molar-refractivity contribution < 1.29 is 9.90 Å². The predicted octanol–water partition coefficient (Wildman–Crippen LogP) is 2.03. The number of carboxylic acids is 1. The molecule has 0 bridgehead atoms. The first-order valence-corrected chi connectivity index (χ1v) is 5.18. The van der Waals surface area contributed by atoms with Crippen molar-refractivity contribution >= 4 is 43.3 Å². The maximum Gasteiger partial charge on any atom is 0.0815 e. The fraction of sp³-hybridized carbons (Fsp3) is 0. The molecule has 1 aromatic heterocycles. The van der Waals surface area contributed by atoms with Gasteiger partial charge in [0.2, 0.25) is 0 Å². The Balaban J connectivity index is 2.68. The van der Waals surface area contributed by atoms with Crippen LogP contribution in [0.25, 0.3) is 10.1 Å². The average molecular weight is 256 g/mol. The summed E-state index contributed by atoms with van der Waals surface area (Å²) in [6.45, 7) is 0. The standard InChI is InChI=1S/C9H5BrO2S/c10-6-1-2-7-5(3-6)4-8(13-7)9(11)12/h1-4H,(H,11,12)/p-1. The third-order valence-corrected chi connectivity index (χ3v) is 3.27. The fourth-order valence-corrected chi connectivity index (χ4v) is 2.37. The van der Waals surface area contributed by atoms with Gasteiger partial charge in [-0.2, -0.15) is 0 Å². The SMILES string of the molecule is O=C([O-])c1cc2cc(Br)ccc2s1. The van der Waals surface area contributed by atoms with Gasteiger partial charge >= 0.3 is 0 Å². The highest BCUT2D eigenvalue weighted by Gasteiger charge is 2.02. The Morgan fingerprint density at radius 2 is 2.15 bits per heavy atom. The molecule has 0 aliphatic rings. The number of halogens is 1. The van der Waals surface area contributed by atoms with Gasteiger partial charge < -0.3 is 9.90 Å². The number of hydrogen-bond donors (Lipinski definition) is 0. The van der Waals surface area contributed by atoms with E-state index in [9.17, 15) is 9.90 Å². The predicted molar refractivity (Wildman–Crippen MR) is 53.9 cm³/mol. The highest BCUT2D eigenvalue weighted by Crippen LogP contribution is 2.27. The van der Waals surface area contributed by atoms with E-state index in [0.29, 0.717) is 0 Å². The van der Waals surface area contributed by atoms with Crippen molar-refractivity contribution in [1.29, 1.82) is 0 Å². The number of thiophene rings is 1. The maximum absolute atomic E-state index is 10.5. The molecule has 0 aliphatic heterocycles. The maximum atomic E-state index is 10.5. The van der Waals surface area contributed by atoms with Crippen LogP contribution < -0.4 is 5.11 Å². The molecule has 0 aliphatic carbocycles. The van der Waals surface area contributed by atoms with Crippen LogP contribution >= 0.6 is 27.3 Å². The van der Waals surface area contributed by atoms with Crippen molar-refractivity contribution in [1.82, 2.24) is 0 Å². The average Bonchev–Trinajstić information content (AvgIpc) is 2.46. The van der Waals surface area contributed by atoms with Gasteiger partial charge in [0, 0.05) is 9.17 Å². The Morgan fingerprint density at radius 1 is 1.38 bits per heavy atom. The molecule has 1 aromatic carbocycles. The van der Waals surface area contributed by atoms with E-state index in [1.807, 2.05) is 18.2 Å². The zero-order valence-corrected chi connectivity index (χ0v) is 8.81. The van der Waals surface area contributed by atoms with Gasteiger partial charge in [-0.1, -0.05) is 15.9 Å². The number of fused-ring (bicyclic) bond motifs is 1. The lowest BCUT2D eigenvalue weighted by Gasteiger charge is -1.92. The molecular weight excluding hydrogens is 252 g/mol. The fourth-order valence-electron chi connectivity index (χ4n) is 1.11. The minimum Gasteiger partial charge on any atom is -0.544 e. The summed E-state index contributed by atoms with van der Waals surface area (Å²) in [6, 6.07) is 7.28. The van der Waals surface area contributed by atoms with Crippen LogP contribution in [0.4, 0.5) is 0 Å². The minimum atomic E-state index is -1.11. The second-order valence-electron chi connectivity index (χ2n) is 2.58. The number of carbonyl (C=O) groups is 1. The molecule has 0 atom stereocenters. The van der Waals surface area contributed by atoms with Crippen LogP contribution in [-0.2, 0) is 0 Å². The number of carbonyl (C=O) groups excluding carboxylic acids is 1. The zero-order valence-electron chi connectivity index (χ0n) is 6.41. The second-order valence-corrected chi connectivity index (χ2v) is 4.58. The van der Waals surface area contributed by atoms with Gasteiger partial charge in [-0.3, -0.25) is 0 Å². The zero-order chi connectivity index (χ0) is 9.42. The van der Waals surface area contributed by atoms with Crippen molar-refractivity contribution in [2.75, 3.05) is 0 Å². The molecule has 2 nitrogen and oxygen atoms in total. The molecule has 4 heteroatoms. The number of benzene rings is 1. The Kier molecular flexibility index (Phi) is 2.09. The monoisotopic (exact) mass is 255 g/mol. The molecule has 0 saturated carbocycles. The summed E-state index contributed by atoms with van der Waals surface area (Å²) in [6.07, 6.45) is 0. The Hall–Kier alpha value is -0.870. The largest absolute Gasteiger partial charge is 0.544 e. The van der Waals surface area contributed by atoms with Crippen LogP contribution in [0.1, 0.15) is 9.67 Å². The molecule has 2 aromatic rings. The van der Waals surface area contributed by atoms with Gasteiger partial charge in [0.25, 0.3) is 0 Å². The first-order chi connectivity index (χ1) is 6.16. The number of aromatic carboxylic acids is 1. The van der Waals surface area contributed by atoms with E-state index in [-0.39, 0.29) is 4.88 Å². The van der Waals surface area contributed by atoms with Crippen LogP contribution in [-0.4, -0.2) is 5.97 Å². The topological polar surface area (TPSA) is 40.1 Å². The van der Waals surface area contributed by atoms with E-state index in [0.717, 1.165) is 14.6 Å². The van der Waals surface area contributed by atoms with E-state index < -0.39 is 5.97 Å². The Bertz CT molecular complexity index is 475. The number of hydrogen-bond acceptors (Lipinski definition) is 3. The van der Waals surface area contributed by atoms with Gasteiger partial charge in [0.05, 0.1) is 10.8 Å². The first kappa shape index (κ1) is 8.72. The van der Waals surface area contributed by atoms with Crippen molar-refractivity contribution in [2.24, 2.45) is 0 Å². The molecular formula is C9H4BrO2S-. The summed E-state index contributed by atoms with van der Waals surface area (Å²) in [5.74, 6) is -1.11. The summed E-state index contributed by atoms with van der Waals surface area (Å²) in [5.41, 5.74) is 0. The van der Waals surface area contributed by atoms with Gasteiger partial charge in [-0.25, -0.2) is 0 Å². The molecule has 2 rings (SSSR count). The van der Waals surface area contributed by atoms with E-state index >= 15 is 0 Å². The molecule has 0 unspecified atom stereocenters. The van der Waals surface area contributed by atoms with Crippen molar-refractivity contribution in [3.63, 3.8) is 0 Å². The van der Waals surface area contributed by atoms with Gasteiger partial charge in [0.1, 0.15) is 0 Å². The van der Waals surface area contributed by atoms with Crippen molar-refractivity contribution in [3.05, 3.63) is 33.6 Å². The third-order valence-electron chi connectivity index (χ3n) is 1.68. The summed E-state index contributed by atoms with van der Waals surface area (Å²) in [5, 5.41) is 11.5. The first-order valence-electron chi connectivity index (χ1n) is 3.57. The number of rotatable bonds is 1. The molecule has 66 valence electrons. The van der Waals surface area contributed by atoms with Crippen LogP contribution in [0.15, 0.2) is 28.7 Å². The quantitative estimate of drug-likeness (QED) is 0.783. The third kappa shape index (κ3) is 1.59. The highest BCUT2D eigenvalue weighted by molar-refractivity contribution is 9.10. The molecule has 1 heterocycles. The Morgan fingerprint density at radius 3 is 2.85 bits per heavy atom. The Labute approximate surface area is 86.9 Å². The van der Waals surface area contributed by atoms with Gasteiger partial charge in [-0.05, 0) is 29.7 Å². The van der Waals surface area contributed by atoms with Gasteiger partial charge in [-0.15, -0.1) is 11.3 Å². The van der Waals surface area contributed by atoms with Gasteiger partial charge in [0.15, 0.2) is 0 Å². The summed E-state index contributed by atoms with van der Waals surface area (Å²) >= 11 is 4.55. The highest BCUT2D eigenvalue weighted by atomic mass is 79.9. The molecule has 0 N–H and O–H groups in total. The lowest BCUT2D eigenvalue weighted by atomic mass is 10.2.